The molecule has 0 radical (unpaired) electrons. The summed E-state index contributed by atoms with van der Waals surface area (Å²) < 4.78 is 0. The van der Waals surface area contributed by atoms with Crippen molar-refractivity contribution >= 4 is 5.97 Å². The molecule has 1 atom stereocenters. The van der Waals surface area contributed by atoms with Crippen LogP contribution in [0.25, 0.3) is 0 Å². The summed E-state index contributed by atoms with van der Waals surface area (Å²) >= 11 is 0. The monoisotopic (exact) mass is 180 g/mol. The predicted octanol–water partition coefficient (Wildman–Crippen LogP) is -6.63. The van der Waals surface area contributed by atoms with Crippen LogP contribution < -0.4 is 70.6 Å². The van der Waals surface area contributed by atoms with Crippen molar-refractivity contribution < 1.29 is 71.9 Å². The van der Waals surface area contributed by atoms with E-state index < -0.39 is 5.97 Å². The molecule has 0 aromatic carbocycles. The van der Waals surface area contributed by atoms with Gasteiger partial charge in [0.25, 0.3) is 0 Å². The van der Waals surface area contributed by atoms with E-state index in [4.69, 9.17) is 16.6 Å². The topological polar surface area (TPSA) is 89.3 Å². The van der Waals surface area contributed by atoms with E-state index in [0.29, 0.717) is 13.0 Å². The molecule has 0 fully saturated rings. The van der Waals surface area contributed by atoms with Crippen molar-refractivity contribution in [3.05, 3.63) is 0 Å². The van der Waals surface area contributed by atoms with E-state index in [2.05, 4.69) is 0 Å². The molecule has 0 spiro atoms. The average molecular weight is 180 g/mol. The molecular weight excluding hydrogens is 166 g/mol. The fourth-order valence-electron chi connectivity index (χ4n) is 0.540. The summed E-state index contributed by atoms with van der Waals surface area (Å²) in [5, 5.41) is 8.19. The minimum Gasteiger partial charge on any atom is -1.00 e. The number of hydrogen-bond donors (Lipinski definition) is 3. The summed E-state index contributed by atoms with van der Waals surface area (Å²) in [6.07, 6.45) is 0.587. The first-order chi connectivity index (χ1) is 4.16. The van der Waals surface area contributed by atoms with Gasteiger partial charge in [-0.15, -0.1) is 0 Å². The van der Waals surface area contributed by atoms with Crippen LogP contribution in [0.5, 0.6) is 0 Å². The van der Waals surface area contributed by atoms with Crippen LogP contribution in [-0.2, 0) is 4.79 Å². The van der Waals surface area contributed by atoms with Crippen molar-refractivity contribution in [2.24, 2.45) is 11.5 Å². The molecule has 0 aromatic rings. The Balaban J connectivity index is -0.0000000533. The van der Waals surface area contributed by atoms with Gasteiger partial charge in [-0.1, -0.05) is 0 Å². The second kappa shape index (κ2) is 11.4. The maximum absolute atomic E-state index is 9.96. The molecule has 0 saturated heterocycles. The molecule has 0 heterocycles. The molecule has 58 valence electrons. The second-order valence-corrected chi connectivity index (χ2v) is 1.94. The third kappa shape index (κ3) is 14.3. The predicted molar refractivity (Wildman–Crippen MR) is 36.1 cm³/mol. The Morgan fingerprint density at radius 2 is 2.00 bits per heavy atom. The van der Waals surface area contributed by atoms with Gasteiger partial charge in [-0.25, -0.2) is 0 Å². The zero-order chi connectivity index (χ0) is 7.28. The van der Waals surface area contributed by atoms with Gasteiger partial charge in [0.15, 0.2) is 0 Å². The molecule has 0 aromatic heterocycles. The Bertz CT molecular complexity index is 111. The molecule has 0 aliphatic carbocycles. The average Bonchev–Trinajstić information content (AvgIpc) is 1.63. The fraction of sp³-hybridized carbons (Fsp3) is 0.800. The van der Waals surface area contributed by atoms with Crippen molar-refractivity contribution in [1.29, 1.82) is 0 Å². The molecule has 0 aliphatic rings. The molecule has 0 amide bonds. The Morgan fingerprint density at radius 3 is 2.27 bits per heavy atom. The smallest absolute Gasteiger partial charge is 1.00 e. The van der Waals surface area contributed by atoms with Gasteiger partial charge in [-0.2, -0.15) is 0 Å². The van der Waals surface area contributed by atoms with Crippen molar-refractivity contribution in [2.45, 2.75) is 18.9 Å². The van der Waals surface area contributed by atoms with E-state index in [9.17, 15) is 4.79 Å². The number of hydrogen-bond acceptors (Lipinski definition) is 3. The molecule has 4 nitrogen and oxygen atoms in total. The Kier molecular flexibility index (Phi) is 18.9. The molecule has 5 N–H and O–H groups in total. The van der Waals surface area contributed by atoms with Crippen molar-refractivity contribution in [2.75, 3.05) is 6.54 Å². The van der Waals surface area contributed by atoms with Crippen LogP contribution in [0.4, 0.5) is 0 Å². The molecule has 11 heavy (non-hydrogen) atoms. The quantitative estimate of drug-likeness (QED) is 0.375. The first kappa shape index (κ1) is 18.2. The van der Waals surface area contributed by atoms with Crippen LogP contribution in [0.1, 0.15) is 15.7 Å². The Hall–Kier alpha value is 1.39. The van der Waals surface area contributed by atoms with E-state index in [1.54, 1.807) is 0 Å². The van der Waals surface area contributed by atoms with Gasteiger partial charge in [0.05, 0.1) is 6.42 Å². The Morgan fingerprint density at radius 1 is 1.55 bits per heavy atom. The van der Waals surface area contributed by atoms with E-state index in [1.807, 2.05) is 0 Å². The van der Waals surface area contributed by atoms with Gasteiger partial charge < -0.3 is 19.4 Å². The number of carboxylic acids is 1. The summed E-state index contributed by atoms with van der Waals surface area (Å²) in [6.45, 7) is 0.453. The van der Waals surface area contributed by atoms with E-state index >= 15 is 0 Å². The van der Waals surface area contributed by atoms with E-state index in [1.165, 1.54) is 0 Å². The maximum Gasteiger partial charge on any atom is 1.00 e. The van der Waals surface area contributed by atoms with Crippen LogP contribution in [0.15, 0.2) is 0 Å². The second-order valence-electron chi connectivity index (χ2n) is 1.94. The van der Waals surface area contributed by atoms with Gasteiger partial charge in [0.2, 0.25) is 0 Å². The first-order valence-electron chi connectivity index (χ1n) is 2.84. The Labute approximate surface area is 114 Å². The SMILES string of the molecule is NCCC(N)CC(=O)O.[H-].[H-].[Na+].[Na+]. The summed E-state index contributed by atoms with van der Waals surface area (Å²) in [5.74, 6) is -0.865. The minimum atomic E-state index is -0.865. The molecule has 1 unspecified atom stereocenters. The number of carboxylic acid groups (broad SMARTS) is 1. The van der Waals surface area contributed by atoms with Gasteiger partial charge in [-0.3, -0.25) is 4.79 Å². The molecule has 0 saturated carbocycles. The fourth-order valence-corrected chi connectivity index (χ4v) is 0.540. The van der Waals surface area contributed by atoms with Crippen LogP contribution in [0.2, 0.25) is 0 Å². The summed E-state index contributed by atoms with van der Waals surface area (Å²) in [7, 11) is 0. The number of nitrogens with two attached hydrogens (primary N) is 2. The molecule has 0 rings (SSSR count). The van der Waals surface area contributed by atoms with Crippen molar-refractivity contribution in [3.8, 4) is 0 Å². The first-order valence-corrected chi connectivity index (χ1v) is 2.84. The van der Waals surface area contributed by atoms with Gasteiger partial charge in [-0.05, 0) is 13.0 Å². The standard InChI is InChI=1S/C5H12N2O2.2Na.2H/c6-2-1-4(7)3-5(8)9;;;;/h4H,1-3,6-7H2,(H,8,9);;;;/q;2*+1;2*-1. The van der Waals surface area contributed by atoms with Crippen molar-refractivity contribution in [3.63, 3.8) is 0 Å². The minimum absolute atomic E-state index is 0. The zero-order valence-corrected chi connectivity index (χ0v) is 11.2. The summed E-state index contributed by atoms with van der Waals surface area (Å²) in [6, 6.07) is -0.285. The molecule has 0 bridgehead atoms. The van der Waals surface area contributed by atoms with Crippen LogP contribution in [0, 0.1) is 0 Å². The number of aliphatic carboxylic acids is 1. The number of carbonyl (C=O) groups is 1. The van der Waals surface area contributed by atoms with Crippen LogP contribution >= 0.6 is 0 Å². The summed E-state index contributed by atoms with van der Waals surface area (Å²) in [4.78, 5) is 9.96. The van der Waals surface area contributed by atoms with Gasteiger partial charge >= 0.3 is 65.1 Å². The zero-order valence-electron chi connectivity index (χ0n) is 9.21. The van der Waals surface area contributed by atoms with Crippen molar-refractivity contribution in [1.82, 2.24) is 0 Å². The summed E-state index contributed by atoms with van der Waals surface area (Å²) in [5.41, 5.74) is 10.5. The third-order valence-electron chi connectivity index (χ3n) is 0.974. The molecular formula is C5H14N2Na2O2. The number of rotatable bonds is 4. The maximum atomic E-state index is 9.96. The van der Waals surface area contributed by atoms with Gasteiger partial charge in [0.1, 0.15) is 0 Å². The van der Waals surface area contributed by atoms with E-state index in [-0.39, 0.29) is 74.4 Å². The van der Waals surface area contributed by atoms with Crippen LogP contribution in [0.3, 0.4) is 0 Å². The third-order valence-corrected chi connectivity index (χ3v) is 0.974. The van der Waals surface area contributed by atoms with Crippen LogP contribution in [-0.4, -0.2) is 23.7 Å². The normalized spacial score (nSPS) is 10.7. The van der Waals surface area contributed by atoms with E-state index in [0.717, 1.165) is 0 Å². The van der Waals surface area contributed by atoms with Gasteiger partial charge in [0, 0.05) is 6.04 Å². The largest absolute Gasteiger partial charge is 1.00 e. The molecule has 0 aliphatic heterocycles. The molecule has 6 heteroatoms.